The largest absolute Gasteiger partial charge is 0.364 e. The molecular formula is C29H26FN9O3. The van der Waals surface area contributed by atoms with Crippen LogP contribution in [0, 0.1) is 6.92 Å². The standard InChI is InChI=1S/C29H26FN9O3/c1-17-8-11-34-39(17)24-5-3-2-4-22(24)35-29(42)25-13-20(30)15-37(25)26(40)16-38-23-7-6-18(19-9-10-32-33-14-19)12-21(23)27(36-38)28(31)41/h2-12,14,20,25H,13,15-16H2,1H3,(H2,31,41)(H,35,42)/t20-,25+/m1/s1. The van der Waals surface area contributed by atoms with Crippen molar-refractivity contribution >= 4 is 34.3 Å². The Morgan fingerprint density at radius 1 is 1.05 bits per heavy atom. The Bertz CT molecular complexity index is 1820. The van der Waals surface area contributed by atoms with Crippen LogP contribution in [0.3, 0.4) is 0 Å². The number of likely N-dealkylation sites (tertiary alicyclic amines) is 1. The summed E-state index contributed by atoms with van der Waals surface area (Å²) in [5.74, 6) is -1.79. The van der Waals surface area contributed by atoms with Gasteiger partial charge in [0, 0.05) is 29.3 Å². The third kappa shape index (κ3) is 4.96. The van der Waals surface area contributed by atoms with E-state index >= 15 is 0 Å². The molecule has 12 nitrogen and oxygen atoms in total. The average molecular weight is 568 g/mol. The number of nitrogens with one attached hydrogen (secondary N) is 1. The van der Waals surface area contributed by atoms with E-state index in [1.54, 1.807) is 65.7 Å². The lowest BCUT2D eigenvalue weighted by atomic mass is 10.0. The van der Waals surface area contributed by atoms with Crippen LogP contribution in [-0.2, 0) is 16.1 Å². The minimum atomic E-state index is -1.37. The molecule has 42 heavy (non-hydrogen) atoms. The van der Waals surface area contributed by atoms with E-state index in [2.05, 4.69) is 25.7 Å². The molecule has 0 aliphatic carbocycles. The molecular weight excluding hydrogens is 541 g/mol. The number of halogens is 1. The molecule has 1 fully saturated rings. The Kier molecular flexibility index (Phi) is 6.90. The minimum absolute atomic E-state index is 0.00808. The zero-order valence-corrected chi connectivity index (χ0v) is 22.5. The van der Waals surface area contributed by atoms with Crippen LogP contribution in [0.15, 0.2) is 73.2 Å². The van der Waals surface area contributed by atoms with Gasteiger partial charge in [-0.2, -0.15) is 20.4 Å². The van der Waals surface area contributed by atoms with Gasteiger partial charge in [0.2, 0.25) is 11.8 Å². The van der Waals surface area contributed by atoms with E-state index in [4.69, 9.17) is 5.73 Å². The molecule has 4 heterocycles. The highest BCUT2D eigenvalue weighted by atomic mass is 19.1. The number of benzene rings is 2. The Labute approximate surface area is 238 Å². The number of hydrogen-bond donors (Lipinski definition) is 2. The summed E-state index contributed by atoms with van der Waals surface area (Å²) < 4.78 is 17.7. The lowest BCUT2D eigenvalue weighted by Crippen LogP contribution is -2.44. The zero-order valence-electron chi connectivity index (χ0n) is 22.5. The van der Waals surface area contributed by atoms with Crippen molar-refractivity contribution in [3.05, 3.63) is 84.6 Å². The SMILES string of the molecule is Cc1ccnn1-c1ccccc1NC(=O)[C@@H]1C[C@@H](F)CN1C(=O)Cn1nc(C(N)=O)c2cc(-c3ccnnc3)ccc21. The number of carbonyl (C=O) groups excluding carboxylic acids is 3. The molecule has 1 saturated heterocycles. The smallest absolute Gasteiger partial charge is 0.269 e. The average Bonchev–Trinajstić information content (AvgIpc) is 3.70. The Hall–Kier alpha value is -5.46. The van der Waals surface area contributed by atoms with Gasteiger partial charge in [0.1, 0.15) is 18.8 Å². The highest BCUT2D eigenvalue weighted by Crippen LogP contribution is 2.28. The van der Waals surface area contributed by atoms with Crippen LogP contribution >= 0.6 is 0 Å². The number of para-hydroxylation sites is 2. The molecule has 2 atom stereocenters. The number of aryl methyl sites for hydroxylation is 1. The lowest BCUT2D eigenvalue weighted by Gasteiger charge is -2.24. The predicted molar refractivity (Wildman–Crippen MR) is 151 cm³/mol. The second-order valence-electron chi connectivity index (χ2n) is 10.0. The second kappa shape index (κ2) is 10.8. The molecule has 3 aromatic heterocycles. The Morgan fingerprint density at radius 2 is 1.88 bits per heavy atom. The number of alkyl halides is 1. The van der Waals surface area contributed by atoms with Crippen LogP contribution in [0.2, 0.25) is 0 Å². The molecule has 3 amide bonds. The van der Waals surface area contributed by atoms with Crippen molar-refractivity contribution in [2.45, 2.75) is 32.1 Å². The summed E-state index contributed by atoms with van der Waals surface area (Å²) in [5, 5.41) is 19.6. The van der Waals surface area contributed by atoms with Crippen LogP contribution in [0.4, 0.5) is 10.1 Å². The van der Waals surface area contributed by atoms with Crippen LogP contribution in [0.1, 0.15) is 22.6 Å². The summed E-state index contributed by atoms with van der Waals surface area (Å²) in [7, 11) is 0. The van der Waals surface area contributed by atoms with Crippen molar-refractivity contribution in [2.75, 3.05) is 11.9 Å². The Balaban J connectivity index is 1.26. The molecule has 0 unspecified atom stereocenters. The van der Waals surface area contributed by atoms with Crippen LogP contribution in [-0.4, -0.2) is 71.1 Å². The molecule has 5 aromatic rings. The van der Waals surface area contributed by atoms with Crippen molar-refractivity contribution in [2.24, 2.45) is 5.73 Å². The number of nitrogens with two attached hydrogens (primary N) is 1. The number of amides is 3. The van der Waals surface area contributed by atoms with Gasteiger partial charge in [-0.25, -0.2) is 9.07 Å². The number of anilines is 1. The fraction of sp³-hybridized carbons (Fsp3) is 0.207. The van der Waals surface area contributed by atoms with E-state index in [1.165, 1.54) is 9.58 Å². The quantitative estimate of drug-likeness (QED) is 0.306. The molecule has 1 aliphatic heterocycles. The van der Waals surface area contributed by atoms with Gasteiger partial charge in [0.25, 0.3) is 5.91 Å². The number of carbonyl (C=O) groups is 3. The van der Waals surface area contributed by atoms with Gasteiger partial charge in [0.05, 0.1) is 35.8 Å². The van der Waals surface area contributed by atoms with Gasteiger partial charge in [-0.3, -0.25) is 19.1 Å². The third-order valence-electron chi connectivity index (χ3n) is 7.28. The fourth-order valence-corrected chi connectivity index (χ4v) is 5.25. The molecule has 0 spiro atoms. The summed E-state index contributed by atoms with van der Waals surface area (Å²) >= 11 is 0. The molecule has 13 heteroatoms. The highest BCUT2D eigenvalue weighted by molar-refractivity contribution is 6.05. The van der Waals surface area contributed by atoms with E-state index in [0.29, 0.717) is 22.3 Å². The molecule has 0 bridgehead atoms. The number of nitrogens with zero attached hydrogens (tertiary/aromatic N) is 7. The van der Waals surface area contributed by atoms with Gasteiger partial charge in [-0.15, -0.1) is 0 Å². The van der Waals surface area contributed by atoms with Crippen molar-refractivity contribution in [3.63, 3.8) is 0 Å². The molecule has 2 aromatic carbocycles. The summed E-state index contributed by atoms with van der Waals surface area (Å²) in [6, 6.07) is 14.9. The highest BCUT2D eigenvalue weighted by Gasteiger charge is 2.40. The molecule has 0 radical (unpaired) electrons. The number of aromatic nitrogens is 6. The first kappa shape index (κ1) is 26.7. The fourth-order valence-electron chi connectivity index (χ4n) is 5.25. The first-order valence-electron chi connectivity index (χ1n) is 13.2. The van der Waals surface area contributed by atoms with E-state index in [-0.39, 0.29) is 25.2 Å². The third-order valence-corrected chi connectivity index (χ3v) is 7.28. The topological polar surface area (TPSA) is 154 Å². The van der Waals surface area contributed by atoms with Crippen LogP contribution in [0.5, 0.6) is 0 Å². The van der Waals surface area contributed by atoms with Crippen molar-refractivity contribution in [3.8, 4) is 16.8 Å². The maximum absolute atomic E-state index is 14.7. The maximum Gasteiger partial charge on any atom is 0.269 e. The van der Waals surface area contributed by atoms with Crippen LogP contribution < -0.4 is 11.1 Å². The van der Waals surface area contributed by atoms with E-state index < -0.39 is 29.9 Å². The predicted octanol–water partition coefficient (Wildman–Crippen LogP) is 2.66. The first-order valence-corrected chi connectivity index (χ1v) is 13.2. The lowest BCUT2D eigenvalue weighted by molar-refractivity contribution is -0.137. The van der Waals surface area contributed by atoms with Crippen molar-refractivity contribution in [1.29, 1.82) is 0 Å². The summed E-state index contributed by atoms with van der Waals surface area (Å²) in [6.45, 7) is 1.33. The summed E-state index contributed by atoms with van der Waals surface area (Å²) in [4.78, 5) is 40.4. The van der Waals surface area contributed by atoms with E-state index in [9.17, 15) is 18.8 Å². The normalized spacial score (nSPS) is 16.6. The number of rotatable bonds is 7. The number of primary amides is 1. The molecule has 3 N–H and O–H groups in total. The maximum atomic E-state index is 14.7. The molecule has 6 rings (SSSR count). The van der Waals surface area contributed by atoms with Crippen LogP contribution in [0.25, 0.3) is 27.7 Å². The Morgan fingerprint density at radius 3 is 2.62 bits per heavy atom. The van der Waals surface area contributed by atoms with Crippen molar-refractivity contribution in [1.82, 2.24) is 34.7 Å². The summed E-state index contributed by atoms with van der Waals surface area (Å²) in [6.07, 6.45) is 3.27. The van der Waals surface area contributed by atoms with Gasteiger partial charge in [0.15, 0.2) is 5.69 Å². The molecule has 1 aliphatic rings. The minimum Gasteiger partial charge on any atom is -0.364 e. The van der Waals surface area contributed by atoms with E-state index in [1.807, 2.05) is 19.1 Å². The second-order valence-corrected chi connectivity index (χ2v) is 10.0. The molecule has 212 valence electrons. The molecule has 0 saturated carbocycles. The van der Waals surface area contributed by atoms with Gasteiger partial charge >= 0.3 is 0 Å². The monoisotopic (exact) mass is 567 g/mol. The number of hydrogen-bond acceptors (Lipinski definition) is 7. The van der Waals surface area contributed by atoms with Gasteiger partial charge in [-0.1, -0.05) is 18.2 Å². The van der Waals surface area contributed by atoms with Gasteiger partial charge in [-0.05, 0) is 48.9 Å². The van der Waals surface area contributed by atoms with E-state index in [0.717, 1.165) is 16.8 Å². The summed E-state index contributed by atoms with van der Waals surface area (Å²) in [5.41, 5.74) is 9.60. The van der Waals surface area contributed by atoms with Crippen molar-refractivity contribution < 1.29 is 18.8 Å². The zero-order chi connectivity index (χ0) is 29.4. The number of fused-ring (bicyclic) bond motifs is 1. The van der Waals surface area contributed by atoms with Gasteiger partial charge < -0.3 is 16.0 Å². The first-order chi connectivity index (χ1) is 20.3.